The van der Waals surface area contributed by atoms with E-state index in [1.165, 1.54) is 45.1 Å². The zero-order valence-electron chi connectivity index (χ0n) is 11.5. The van der Waals surface area contributed by atoms with Gasteiger partial charge in [0.05, 0.1) is 0 Å². The lowest BCUT2D eigenvalue weighted by Crippen LogP contribution is -2.38. The first-order valence-electron chi connectivity index (χ1n) is 7.78. The van der Waals surface area contributed by atoms with Crippen molar-refractivity contribution >= 4 is 5.91 Å². The Balaban J connectivity index is 1.64. The Morgan fingerprint density at radius 1 is 0.944 bits per heavy atom. The van der Waals surface area contributed by atoms with E-state index in [1.807, 2.05) is 0 Å². The van der Waals surface area contributed by atoms with Crippen LogP contribution in [0.15, 0.2) is 0 Å². The number of rotatable bonds is 4. The van der Waals surface area contributed by atoms with Gasteiger partial charge in [-0.25, -0.2) is 0 Å². The number of nitrogens with one attached hydrogen (secondary N) is 1. The van der Waals surface area contributed by atoms with Gasteiger partial charge in [0.15, 0.2) is 0 Å². The fourth-order valence-corrected chi connectivity index (χ4v) is 3.48. The molecule has 0 bridgehead atoms. The van der Waals surface area contributed by atoms with Gasteiger partial charge in [0, 0.05) is 12.0 Å². The lowest BCUT2D eigenvalue weighted by molar-refractivity contribution is -0.122. The molecule has 0 aliphatic heterocycles. The van der Waals surface area contributed by atoms with Crippen molar-refractivity contribution in [1.29, 1.82) is 0 Å². The quantitative estimate of drug-likeness (QED) is 0.756. The van der Waals surface area contributed by atoms with E-state index in [0.717, 1.165) is 31.6 Å². The van der Waals surface area contributed by atoms with Crippen molar-refractivity contribution in [3.63, 3.8) is 0 Å². The number of amides is 1. The molecule has 2 aliphatic rings. The molecule has 2 rings (SSSR count). The van der Waals surface area contributed by atoms with Gasteiger partial charge in [0.1, 0.15) is 0 Å². The van der Waals surface area contributed by atoms with Crippen LogP contribution < -0.4 is 11.1 Å². The maximum atomic E-state index is 11.1. The first-order chi connectivity index (χ1) is 8.75. The minimum atomic E-state index is -0.0998. The lowest BCUT2D eigenvalue weighted by Gasteiger charge is -2.29. The van der Waals surface area contributed by atoms with Crippen LogP contribution in [0.2, 0.25) is 0 Å². The summed E-state index contributed by atoms with van der Waals surface area (Å²) in [6.45, 7) is 1.19. The minimum Gasteiger partial charge on any atom is -0.369 e. The van der Waals surface area contributed by atoms with Gasteiger partial charge in [-0.1, -0.05) is 25.7 Å². The molecule has 104 valence electrons. The summed E-state index contributed by atoms with van der Waals surface area (Å²) >= 11 is 0. The topological polar surface area (TPSA) is 55.1 Å². The summed E-state index contributed by atoms with van der Waals surface area (Å²) in [5.74, 6) is 0.930. The number of primary amides is 1. The number of hydrogen-bond donors (Lipinski definition) is 2. The summed E-state index contributed by atoms with van der Waals surface area (Å²) in [6.07, 6.45) is 12.7. The molecule has 3 nitrogen and oxygen atoms in total. The predicted molar refractivity (Wildman–Crippen MR) is 74.1 cm³/mol. The van der Waals surface area contributed by atoms with Crippen LogP contribution in [0.25, 0.3) is 0 Å². The first kappa shape index (κ1) is 13.9. The van der Waals surface area contributed by atoms with Crippen LogP contribution in [-0.4, -0.2) is 18.5 Å². The van der Waals surface area contributed by atoms with E-state index in [-0.39, 0.29) is 11.8 Å². The molecule has 0 aromatic carbocycles. The van der Waals surface area contributed by atoms with Gasteiger partial charge >= 0.3 is 0 Å². The van der Waals surface area contributed by atoms with Crippen molar-refractivity contribution in [2.24, 2.45) is 17.6 Å². The maximum Gasteiger partial charge on any atom is 0.220 e. The highest BCUT2D eigenvalue weighted by Gasteiger charge is 2.24. The van der Waals surface area contributed by atoms with Gasteiger partial charge < -0.3 is 11.1 Å². The van der Waals surface area contributed by atoms with Gasteiger partial charge in [-0.2, -0.15) is 0 Å². The Hall–Kier alpha value is -0.570. The van der Waals surface area contributed by atoms with E-state index >= 15 is 0 Å². The average Bonchev–Trinajstić information content (AvgIpc) is 2.65. The smallest absolute Gasteiger partial charge is 0.220 e. The zero-order chi connectivity index (χ0) is 12.8. The normalized spacial score (nSPS) is 30.9. The first-order valence-corrected chi connectivity index (χ1v) is 7.78. The summed E-state index contributed by atoms with van der Waals surface area (Å²) in [6, 6.07) is 0.629. The van der Waals surface area contributed by atoms with Gasteiger partial charge in [-0.3, -0.25) is 4.79 Å². The van der Waals surface area contributed by atoms with Crippen molar-refractivity contribution in [3.8, 4) is 0 Å². The van der Waals surface area contributed by atoms with Crippen LogP contribution in [0.3, 0.4) is 0 Å². The average molecular weight is 252 g/mol. The van der Waals surface area contributed by atoms with E-state index < -0.39 is 0 Å². The monoisotopic (exact) mass is 252 g/mol. The van der Waals surface area contributed by atoms with Gasteiger partial charge in [0.2, 0.25) is 5.91 Å². The molecular formula is C15H28N2O. The molecular weight excluding hydrogens is 224 g/mol. The summed E-state index contributed by atoms with van der Waals surface area (Å²) in [5.41, 5.74) is 5.36. The molecule has 0 aromatic heterocycles. The Morgan fingerprint density at radius 2 is 1.56 bits per heavy atom. The fourth-order valence-electron chi connectivity index (χ4n) is 3.48. The van der Waals surface area contributed by atoms with E-state index in [0.29, 0.717) is 6.04 Å². The fraction of sp³-hybridized carbons (Fsp3) is 0.933. The van der Waals surface area contributed by atoms with E-state index in [2.05, 4.69) is 5.32 Å². The molecule has 3 N–H and O–H groups in total. The van der Waals surface area contributed by atoms with E-state index in [1.54, 1.807) is 0 Å². The van der Waals surface area contributed by atoms with Crippen LogP contribution in [0.1, 0.15) is 64.2 Å². The number of carbonyl (C=O) groups is 1. The third-order valence-corrected chi connectivity index (χ3v) is 4.80. The molecule has 2 fully saturated rings. The van der Waals surface area contributed by atoms with Gasteiger partial charge in [0.25, 0.3) is 0 Å². The summed E-state index contributed by atoms with van der Waals surface area (Å²) in [7, 11) is 0. The summed E-state index contributed by atoms with van der Waals surface area (Å²) in [5, 5.41) is 3.73. The van der Waals surface area contributed by atoms with Crippen LogP contribution >= 0.6 is 0 Å². The van der Waals surface area contributed by atoms with Crippen LogP contribution in [0.5, 0.6) is 0 Å². The Labute approximate surface area is 111 Å². The molecule has 0 atom stereocenters. The van der Waals surface area contributed by atoms with Gasteiger partial charge in [-0.15, -0.1) is 0 Å². The molecule has 0 spiro atoms. The molecule has 2 aliphatic carbocycles. The zero-order valence-corrected chi connectivity index (χ0v) is 11.5. The minimum absolute atomic E-state index is 0.0998. The highest BCUT2D eigenvalue weighted by molar-refractivity contribution is 5.76. The third kappa shape index (κ3) is 4.27. The van der Waals surface area contributed by atoms with Crippen molar-refractivity contribution in [1.82, 2.24) is 5.32 Å². The van der Waals surface area contributed by atoms with Crippen LogP contribution in [-0.2, 0) is 4.79 Å². The highest BCUT2D eigenvalue weighted by Crippen LogP contribution is 2.26. The molecule has 0 radical (unpaired) electrons. The van der Waals surface area contributed by atoms with Crippen molar-refractivity contribution < 1.29 is 4.79 Å². The van der Waals surface area contributed by atoms with Gasteiger partial charge in [-0.05, 0) is 51.0 Å². The van der Waals surface area contributed by atoms with Crippen LogP contribution in [0.4, 0.5) is 0 Å². The van der Waals surface area contributed by atoms with E-state index in [9.17, 15) is 4.79 Å². The van der Waals surface area contributed by atoms with Crippen LogP contribution in [0, 0.1) is 11.8 Å². The summed E-state index contributed by atoms with van der Waals surface area (Å²) in [4.78, 5) is 11.1. The van der Waals surface area contributed by atoms with Crippen molar-refractivity contribution in [2.45, 2.75) is 70.3 Å². The molecule has 2 saturated carbocycles. The second kappa shape index (κ2) is 7.13. The Morgan fingerprint density at radius 3 is 2.11 bits per heavy atom. The molecule has 0 heterocycles. The standard InChI is InChI=1S/C15H28N2O/c16-15(18)13-7-9-14(10-8-13)17-11-12-5-3-1-2-4-6-12/h12-14,17H,1-11H2,(H2,16,18). The van der Waals surface area contributed by atoms with Crippen molar-refractivity contribution in [2.75, 3.05) is 6.54 Å². The Bertz CT molecular complexity index is 251. The van der Waals surface area contributed by atoms with E-state index in [4.69, 9.17) is 5.73 Å². The molecule has 0 unspecified atom stereocenters. The third-order valence-electron chi connectivity index (χ3n) is 4.80. The predicted octanol–water partition coefficient (Wildman–Crippen LogP) is 2.59. The second-order valence-corrected chi connectivity index (χ2v) is 6.22. The number of hydrogen-bond acceptors (Lipinski definition) is 2. The Kier molecular flexibility index (Phi) is 5.48. The molecule has 0 saturated heterocycles. The molecule has 3 heteroatoms. The second-order valence-electron chi connectivity index (χ2n) is 6.22. The number of nitrogens with two attached hydrogens (primary N) is 1. The number of carbonyl (C=O) groups excluding carboxylic acids is 1. The highest BCUT2D eigenvalue weighted by atomic mass is 16.1. The maximum absolute atomic E-state index is 11.1. The van der Waals surface area contributed by atoms with Crippen molar-refractivity contribution in [3.05, 3.63) is 0 Å². The largest absolute Gasteiger partial charge is 0.369 e. The molecule has 18 heavy (non-hydrogen) atoms. The molecule has 1 amide bonds. The SMILES string of the molecule is NC(=O)C1CCC(NCC2CCCCCC2)CC1. The molecule has 0 aromatic rings. The summed E-state index contributed by atoms with van der Waals surface area (Å²) < 4.78 is 0. The lowest BCUT2D eigenvalue weighted by atomic mass is 9.85.